The maximum absolute atomic E-state index is 6.31. The van der Waals surface area contributed by atoms with E-state index in [9.17, 15) is 0 Å². The van der Waals surface area contributed by atoms with Crippen LogP contribution in [0, 0.1) is 0 Å². The minimum absolute atomic E-state index is 0.769. The molecular weight excluding hydrogens is 318 g/mol. The van der Waals surface area contributed by atoms with Gasteiger partial charge in [0.2, 0.25) is 0 Å². The lowest BCUT2D eigenvalue weighted by Gasteiger charge is -2.30. The van der Waals surface area contributed by atoms with Gasteiger partial charge in [-0.3, -0.25) is 4.90 Å². The van der Waals surface area contributed by atoms with Crippen LogP contribution in [0.2, 0.25) is 5.02 Å². The molecule has 3 aromatic rings. The molecule has 0 fully saturated rings. The fourth-order valence-electron chi connectivity index (χ4n) is 3.60. The number of fused-ring (bicyclic) bond motifs is 1. The molecule has 0 saturated heterocycles. The molecule has 2 nitrogen and oxygen atoms in total. The van der Waals surface area contributed by atoms with Crippen molar-refractivity contribution in [2.45, 2.75) is 19.9 Å². The molecule has 2 heterocycles. The molecule has 0 unspecified atom stereocenters. The van der Waals surface area contributed by atoms with E-state index in [-0.39, 0.29) is 0 Å². The lowest BCUT2D eigenvalue weighted by Crippen LogP contribution is -2.30. The van der Waals surface area contributed by atoms with Gasteiger partial charge in [-0.25, -0.2) is 0 Å². The van der Waals surface area contributed by atoms with Crippen molar-refractivity contribution in [3.05, 3.63) is 76.5 Å². The third kappa shape index (κ3) is 3.00. The average molecular weight is 338 g/mol. The third-order valence-corrected chi connectivity index (χ3v) is 4.96. The van der Waals surface area contributed by atoms with E-state index in [1.54, 1.807) is 6.26 Å². The minimum atomic E-state index is 0.769. The molecule has 2 aromatic carbocycles. The summed E-state index contributed by atoms with van der Waals surface area (Å²) in [5, 5.41) is 1.84. The van der Waals surface area contributed by atoms with Crippen LogP contribution in [0.1, 0.15) is 24.5 Å². The molecule has 0 bridgehead atoms. The molecule has 122 valence electrons. The maximum Gasteiger partial charge on any atom is 0.141 e. The second-order valence-corrected chi connectivity index (χ2v) is 6.93. The highest BCUT2D eigenvalue weighted by Crippen LogP contribution is 2.35. The predicted octanol–water partition coefficient (Wildman–Crippen LogP) is 5.77. The summed E-state index contributed by atoms with van der Waals surface area (Å²) >= 11 is 6.31. The molecule has 0 amide bonds. The standard InChI is InChI=1S/C21H20ClNO/c1-15-13-23(14-16-5-3-2-4-6-16)9-7-19(15)20-12-18(22)11-17-8-10-24-21(17)20/h2-6,8,10-12H,7,9,13-14H2,1H3. The monoisotopic (exact) mass is 337 g/mol. The van der Waals surface area contributed by atoms with Crippen LogP contribution in [0.4, 0.5) is 0 Å². The van der Waals surface area contributed by atoms with E-state index in [4.69, 9.17) is 16.0 Å². The molecular formula is C21H20ClNO. The van der Waals surface area contributed by atoms with Crippen LogP contribution in [0.25, 0.3) is 16.5 Å². The SMILES string of the molecule is CC1=C(c2cc(Cl)cc3ccoc23)CCN(Cc2ccccc2)C1. The van der Waals surface area contributed by atoms with Gasteiger partial charge in [-0.05, 0) is 42.7 Å². The van der Waals surface area contributed by atoms with E-state index in [1.807, 2.05) is 18.2 Å². The van der Waals surface area contributed by atoms with Gasteiger partial charge in [0.1, 0.15) is 5.58 Å². The lowest BCUT2D eigenvalue weighted by molar-refractivity contribution is 0.286. The molecule has 0 aliphatic carbocycles. The second kappa shape index (κ2) is 6.46. The molecule has 1 aliphatic heterocycles. The van der Waals surface area contributed by atoms with Gasteiger partial charge in [-0.15, -0.1) is 0 Å². The van der Waals surface area contributed by atoms with E-state index in [2.05, 4.69) is 42.2 Å². The normalized spacial score (nSPS) is 16.1. The van der Waals surface area contributed by atoms with Crippen LogP contribution in [0.3, 0.4) is 0 Å². The van der Waals surface area contributed by atoms with Crippen LogP contribution in [0.5, 0.6) is 0 Å². The van der Waals surface area contributed by atoms with Gasteiger partial charge in [0, 0.05) is 35.6 Å². The van der Waals surface area contributed by atoms with E-state index >= 15 is 0 Å². The Kier molecular flexibility index (Phi) is 4.17. The summed E-state index contributed by atoms with van der Waals surface area (Å²) in [5.74, 6) is 0. The number of benzene rings is 2. The van der Waals surface area contributed by atoms with Gasteiger partial charge >= 0.3 is 0 Å². The zero-order chi connectivity index (χ0) is 16.5. The number of hydrogen-bond donors (Lipinski definition) is 0. The van der Waals surface area contributed by atoms with Gasteiger partial charge in [-0.1, -0.05) is 47.5 Å². The summed E-state index contributed by atoms with van der Waals surface area (Å²) in [7, 11) is 0. The first-order valence-corrected chi connectivity index (χ1v) is 8.70. The Balaban J connectivity index is 1.62. The lowest BCUT2D eigenvalue weighted by atomic mass is 9.93. The Morgan fingerprint density at radius 1 is 1.12 bits per heavy atom. The number of rotatable bonds is 3. The first kappa shape index (κ1) is 15.5. The summed E-state index contributed by atoms with van der Waals surface area (Å²) in [5.41, 5.74) is 6.24. The molecule has 24 heavy (non-hydrogen) atoms. The van der Waals surface area contributed by atoms with Crippen LogP contribution in [-0.2, 0) is 6.54 Å². The van der Waals surface area contributed by atoms with Crippen LogP contribution in [-0.4, -0.2) is 18.0 Å². The van der Waals surface area contributed by atoms with Gasteiger partial charge in [0.25, 0.3) is 0 Å². The molecule has 0 spiro atoms. The van der Waals surface area contributed by atoms with Crippen LogP contribution < -0.4 is 0 Å². The number of halogens is 1. The molecule has 1 aromatic heterocycles. The highest BCUT2D eigenvalue weighted by atomic mass is 35.5. The number of furan rings is 1. The maximum atomic E-state index is 6.31. The zero-order valence-corrected chi connectivity index (χ0v) is 14.5. The van der Waals surface area contributed by atoms with Crippen molar-refractivity contribution < 1.29 is 4.42 Å². The topological polar surface area (TPSA) is 16.4 Å². The van der Waals surface area contributed by atoms with Gasteiger partial charge < -0.3 is 4.42 Å². The molecule has 3 heteroatoms. The first-order valence-electron chi connectivity index (χ1n) is 8.33. The summed E-state index contributed by atoms with van der Waals surface area (Å²) in [6.07, 6.45) is 2.76. The second-order valence-electron chi connectivity index (χ2n) is 6.50. The van der Waals surface area contributed by atoms with Crippen molar-refractivity contribution >= 4 is 28.1 Å². The van der Waals surface area contributed by atoms with Crippen molar-refractivity contribution in [3.8, 4) is 0 Å². The van der Waals surface area contributed by atoms with E-state index in [1.165, 1.54) is 16.7 Å². The fourth-order valence-corrected chi connectivity index (χ4v) is 3.83. The first-order chi connectivity index (χ1) is 11.7. The molecule has 4 rings (SSSR count). The minimum Gasteiger partial charge on any atom is -0.464 e. The van der Waals surface area contributed by atoms with Gasteiger partial charge in [0.15, 0.2) is 0 Å². The fraction of sp³-hybridized carbons (Fsp3) is 0.238. The Morgan fingerprint density at radius 3 is 2.75 bits per heavy atom. The van der Waals surface area contributed by atoms with E-state index in [0.29, 0.717) is 0 Å². The van der Waals surface area contributed by atoms with Gasteiger partial charge in [-0.2, -0.15) is 0 Å². The molecule has 0 saturated carbocycles. The predicted molar refractivity (Wildman–Crippen MR) is 100 cm³/mol. The van der Waals surface area contributed by atoms with E-state index < -0.39 is 0 Å². The molecule has 0 N–H and O–H groups in total. The van der Waals surface area contributed by atoms with Gasteiger partial charge in [0.05, 0.1) is 6.26 Å². The molecule has 1 aliphatic rings. The third-order valence-electron chi connectivity index (χ3n) is 4.74. The Labute approximate surface area is 147 Å². The highest BCUT2D eigenvalue weighted by molar-refractivity contribution is 6.31. The largest absolute Gasteiger partial charge is 0.464 e. The smallest absolute Gasteiger partial charge is 0.141 e. The summed E-state index contributed by atoms with van der Waals surface area (Å²) < 4.78 is 5.72. The molecule has 0 radical (unpaired) electrons. The zero-order valence-electron chi connectivity index (χ0n) is 13.8. The number of nitrogens with zero attached hydrogens (tertiary/aromatic N) is 1. The Morgan fingerprint density at radius 2 is 1.96 bits per heavy atom. The summed E-state index contributed by atoms with van der Waals surface area (Å²) in [4.78, 5) is 2.50. The Hall–Kier alpha value is -2.03. The van der Waals surface area contributed by atoms with Crippen molar-refractivity contribution in [1.82, 2.24) is 4.90 Å². The summed E-state index contributed by atoms with van der Waals surface area (Å²) in [6, 6.07) is 16.6. The average Bonchev–Trinajstić information content (AvgIpc) is 3.03. The van der Waals surface area contributed by atoms with Crippen LogP contribution in [0.15, 0.2) is 64.8 Å². The number of hydrogen-bond acceptors (Lipinski definition) is 2. The molecule has 0 atom stereocenters. The van der Waals surface area contributed by atoms with Crippen molar-refractivity contribution in [3.63, 3.8) is 0 Å². The highest BCUT2D eigenvalue weighted by Gasteiger charge is 2.20. The van der Waals surface area contributed by atoms with Crippen molar-refractivity contribution in [2.75, 3.05) is 13.1 Å². The summed E-state index contributed by atoms with van der Waals surface area (Å²) in [6.45, 7) is 5.26. The quantitative estimate of drug-likeness (QED) is 0.603. The van der Waals surface area contributed by atoms with Crippen molar-refractivity contribution in [2.24, 2.45) is 0 Å². The van der Waals surface area contributed by atoms with E-state index in [0.717, 1.165) is 47.6 Å². The van der Waals surface area contributed by atoms with Crippen molar-refractivity contribution in [1.29, 1.82) is 0 Å². The van der Waals surface area contributed by atoms with Crippen LogP contribution >= 0.6 is 11.6 Å². The Bertz CT molecular complexity index is 895.